The number of nitrogens with zero attached hydrogens (tertiary/aromatic N) is 3. The summed E-state index contributed by atoms with van der Waals surface area (Å²) in [6, 6.07) is 7.08. The largest absolute Gasteiger partial charge is 0.301 e. The number of anilines is 1. The van der Waals surface area contributed by atoms with Gasteiger partial charge in [0, 0.05) is 24.4 Å². The minimum Gasteiger partial charge on any atom is -0.301 e. The first kappa shape index (κ1) is 24.4. The lowest BCUT2D eigenvalue weighted by Crippen LogP contribution is -2.29. The molecule has 1 N–H and O–H groups in total. The Hall–Kier alpha value is -2.23. The number of benzene rings is 1. The van der Waals surface area contributed by atoms with Crippen molar-refractivity contribution in [2.45, 2.75) is 51.9 Å². The maximum absolute atomic E-state index is 12.5. The fraction of sp³-hybridized carbons (Fsp3) is 0.409. The Morgan fingerprint density at radius 3 is 2.66 bits per heavy atom. The highest BCUT2D eigenvalue weighted by Gasteiger charge is 2.34. The van der Waals surface area contributed by atoms with Crippen molar-refractivity contribution in [2.75, 3.05) is 11.9 Å². The standard InChI is InChI=1S/C22H25ClN4O3S2/c1-2-3-8-19-25-26-21(32-19)24-18(28)7-5-4-6-13-27-20(29)17(31-22(27)30)14-15-9-11-16(23)12-10-15/h9-12,14H,2-8,13H2,1H3,(H,24,26,28)/b17-14+. The van der Waals surface area contributed by atoms with E-state index in [1.54, 1.807) is 30.3 Å². The molecular formula is C22H25ClN4O3S2. The maximum atomic E-state index is 12.5. The van der Waals surface area contributed by atoms with Crippen LogP contribution >= 0.6 is 34.7 Å². The van der Waals surface area contributed by atoms with Gasteiger partial charge in [0.2, 0.25) is 11.0 Å². The summed E-state index contributed by atoms with van der Waals surface area (Å²) in [5, 5.41) is 12.7. The molecule has 32 heavy (non-hydrogen) atoms. The Morgan fingerprint density at radius 2 is 1.91 bits per heavy atom. The van der Waals surface area contributed by atoms with Crippen LogP contribution in [0.3, 0.4) is 0 Å². The van der Waals surface area contributed by atoms with Crippen LogP contribution in [-0.4, -0.2) is 38.7 Å². The van der Waals surface area contributed by atoms with Gasteiger partial charge in [-0.2, -0.15) is 0 Å². The summed E-state index contributed by atoms with van der Waals surface area (Å²) in [6.45, 7) is 2.47. The van der Waals surface area contributed by atoms with Gasteiger partial charge in [0.25, 0.3) is 11.1 Å². The van der Waals surface area contributed by atoms with Crippen molar-refractivity contribution in [3.8, 4) is 0 Å². The summed E-state index contributed by atoms with van der Waals surface area (Å²) in [4.78, 5) is 38.5. The molecule has 1 aliphatic rings. The Morgan fingerprint density at radius 1 is 1.12 bits per heavy atom. The van der Waals surface area contributed by atoms with Gasteiger partial charge in [0.15, 0.2) is 0 Å². The van der Waals surface area contributed by atoms with E-state index < -0.39 is 0 Å². The molecule has 2 heterocycles. The average Bonchev–Trinajstić information content (AvgIpc) is 3.32. The van der Waals surface area contributed by atoms with Crippen molar-refractivity contribution in [1.82, 2.24) is 15.1 Å². The molecule has 2 aromatic rings. The minimum absolute atomic E-state index is 0.0970. The van der Waals surface area contributed by atoms with Gasteiger partial charge in [-0.15, -0.1) is 10.2 Å². The van der Waals surface area contributed by atoms with Gasteiger partial charge < -0.3 is 5.32 Å². The molecule has 1 aromatic carbocycles. The SMILES string of the molecule is CCCCc1nnc(NC(=O)CCCCCN2C(=O)S/C(=C/c3ccc(Cl)cc3)C2=O)s1. The number of unbranched alkanes of at least 4 members (excludes halogenated alkanes) is 3. The third kappa shape index (κ3) is 7.15. The number of aryl methyl sites for hydroxylation is 1. The van der Waals surface area contributed by atoms with E-state index in [-0.39, 0.29) is 17.1 Å². The molecule has 3 amide bonds. The van der Waals surface area contributed by atoms with Crippen molar-refractivity contribution in [2.24, 2.45) is 0 Å². The number of carbonyl (C=O) groups excluding carboxylic acids is 3. The molecule has 0 unspecified atom stereocenters. The van der Waals surface area contributed by atoms with Crippen LogP contribution < -0.4 is 5.32 Å². The van der Waals surface area contributed by atoms with Gasteiger partial charge in [-0.3, -0.25) is 19.3 Å². The Balaban J connectivity index is 1.37. The first-order valence-electron chi connectivity index (χ1n) is 10.6. The van der Waals surface area contributed by atoms with Crippen molar-refractivity contribution in [1.29, 1.82) is 0 Å². The number of carbonyl (C=O) groups is 3. The Kier molecular flexibility index (Phi) is 9.25. The molecule has 10 heteroatoms. The summed E-state index contributed by atoms with van der Waals surface area (Å²) in [7, 11) is 0. The molecule has 0 aliphatic carbocycles. The summed E-state index contributed by atoms with van der Waals surface area (Å²) in [5.74, 6) is -0.372. The Bertz CT molecular complexity index is 991. The lowest BCUT2D eigenvalue weighted by molar-refractivity contribution is -0.123. The highest BCUT2D eigenvalue weighted by molar-refractivity contribution is 8.18. The average molecular weight is 493 g/mol. The minimum atomic E-state index is -0.275. The number of aromatic nitrogens is 2. The molecule has 7 nitrogen and oxygen atoms in total. The van der Waals surface area contributed by atoms with E-state index in [2.05, 4.69) is 22.4 Å². The number of hydrogen-bond donors (Lipinski definition) is 1. The van der Waals surface area contributed by atoms with Crippen molar-refractivity contribution < 1.29 is 14.4 Å². The molecule has 0 saturated carbocycles. The van der Waals surface area contributed by atoms with Crippen LogP contribution in [0.2, 0.25) is 5.02 Å². The highest BCUT2D eigenvalue weighted by atomic mass is 35.5. The number of imide groups is 1. The highest BCUT2D eigenvalue weighted by Crippen LogP contribution is 2.32. The first-order valence-corrected chi connectivity index (χ1v) is 12.6. The number of halogens is 1. The normalized spacial score (nSPS) is 15.1. The third-order valence-electron chi connectivity index (χ3n) is 4.78. The maximum Gasteiger partial charge on any atom is 0.293 e. The van der Waals surface area contributed by atoms with E-state index in [0.29, 0.717) is 40.9 Å². The molecule has 0 radical (unpaired) electrons. The number of thioether (sulfide) groups is 1. The second-order valence-corrected chi connectivity index (χ2v) is 9.84. The van der Waals surface area contributed by atoms with Crippen LogP contribution in [0.4, 0.5) is 9.93 Å². The molecule has 0 spiro atoms. The van der Waals surface area contributed by atoms with Gasteiger partial charge in [0.1, 0.15) is 5.01 Å². The van der Waals surface area contributed by atoms with Crippen LogP contribution in [0.25, 0.3) is 6.08 Å². The molecule has 0 bridgehead atoms. The van der Waals surface area contributed by atoms with Gasteiger partial charge in [-0.1, -0.05) is 54.8 Å². The lowest BCUT2D eigenvalue weighted by Gasteiger charge is -2.11. The zero-order valence-corrected chi connectivity index (χ0v) is 20.2. The van der Waals surface area contributed by atoms with Crippen LogP contribution in [-0.2, 0) is 16.0 Å². The van der Waals surface area contributed by atoms with Gasteiger partial charge in [0.05, 0.1) is 4.91 Å². The molecule has 1 fully saturated rings. The van der Waals surface area contributed by atoms with Crippen LogP contribution in [0.15, 0.2) is 29.2 Å². The number of nitrogens with one attached hydrogen (secondary N) is 1. The fourth-order valence-corrected chi connectivity index (χ4v) is 4.84. The van der Waals surface area contributed by atoms with Crippen LogP contribution in [0.5, 0.6) is 0 Å². The second kappa shape index (κ2) is 12.1. The topological polar surface area (TPSA) is 92.3 Å². The number of amides is 3. The van der Waals surface area contributed by atoms with Crippen molar-refractivity contribution in [3.05, 3.63) is 44.8 Å². The van der Waals surface area contributed by atoms with Crippen molar-refractivity contribution >= 4 is 63.0 Å². The molecule has 1 saturated heterocycles. The van der Waals surface area contributed by atoms with Gasteiger partial charge >= 0.3 is 0 Å². The number of rotatable bonds is 11. The fourth-order valence-electron chi connectivity index (χ4n) is 3.05. The van der Waals surface area contributed by atoms with E-state index in [0.717, 1.165) is 48.0 Å². The van der Waals surface area contributed by atoms with Crippen LogP contribution in [0, 0.1) is 0 Å². The van der Waals surface area contributed by atoms with E-state index in [9.17, 15) is 14.4 Å². The molecule has 1 aliphatic heterocycles. The van der Waals surface area contributed by atoms with Crippen molar-refractivity contribution in [3.63, 3.8) is 0 Å². The van der Waals surface area contributed by atoms with E-state index in [1.165, 1.54) is 16.2 Å². The molecule has 0 atom stereocenters. The summed E-state index contributed by atoms with van der Waals surface area (Å²) in [5.41, 5.74) is 0.818. The summed E-state index contributed by atoms with van der Waals surface area (Å²) in [6.07, 6.45) is 7.16. The van der Waals surface area contributed by atoms with E-state index in [1.807, 2.05) is 0 Å². The second-order valence-electron chi connectivity index (χ2n) is 7.35. The quantitative estimate of drug-likeness (QED) is 0.316. The number of hydrogen-bond acceptors (Lipinski definition) is 7. The Labute approximate surface area is 200 Å². The first-order chi connectivity index (χ1) is 15.5. The summed E-state index contributed by atoms with van der Waals surface area (Å²) < 4.78 is 0. The zero-order chi connectivity index (χ0) is 22.9. The lowest BCUT2D eigenvalue weighted by atomic mass is 10.1. The molecular weight excluding hydrogens is 468 g/mol. The van der Waals surface area contributed by atoms with Gasteiger partial charge in [-0.05, 0) is 54.8 Å². The molecule has 3 rings (SSSR count). The molecule has 1 aromatic heterocycles. The van der Waals surface area contributed by atoms with Crippen LogP contribution in [0.1, 0.15) is 56.0 Å². The van der Waals surface area contributed by atoms with Gasteiger partial charge in [-0.25, -0.2) is 0 Å². The van der Waals surface area contributed by atoms with E-state index >= 15 is 0 Å². The zero-order valence-electron chi connectivity index (χ0n) is 17.8. The predicted octanol–water partition coefficient (Wildman–Crippen LogP) is 5.77. The molecule has 170 valence electrons. The summed E-state index contributed by atoms with van der Waals surface area (Å²) >= 11 is 8.24. The van der Waals surface area contributed by atoms with E-state index in [4.69, 9.17) is 11.6 Å². The third-order valence-corrected chi connectivity index (χ3v) is 6.84. The predicted molar refractivity (Wildman–Crippen MR) is 130 cm³/mol. The monoisotopic (exact) mass is 492 g/mol. The smallest absolute Gasteiger partial charge is 0.293 e.